The Morgan fingerprint density at radius 1 is 1.22 bits per heavy atom. The van der Waals surface area contributed by atoms with Crippen LogP contribution in [0.4, 0.5) is 5.82 Å². The van der Waals surface area contributed by atoms with Crippen molar-refractivity contribution in [1.82, 2.24) is 24.9 Å². The Hall–Kier alpha value is -2.17. The van der Waals surface area contributed by atoms with Crippen molar-refractivity contribution in [3.8, 4) is 0 Å². The van der Waals surface area contributed by atoms with Gasteiger partial charge in [0.15, 0.2) is 5.69 Å². The molecule has 168 valence electrons. The fourth-order valence-corrected chi connectivity index (χ4v) is 6.60. The number of hydrogen-bond acceptors (Lipinski definition) is 9. The maximum atomic E-state index is 12.6. The summed E-state index contributed by atoms with van der Waals surface area (Å²) in [6.45, 7) is 3.30. The Balaban J connectivity index is 1.01. The lowest BCUT2D eigenvalue weighted by Gasteiger charge is -2.46. The number of rotatable bonds is 5. The molecule has 1 saturated carbocycles. The molecule has 3 aromatic heterocycles. The van der Waals surface area contributed by atoms with Crippen molar-refractivity contribution < 1.29 is 9.53 Å². The van der Waals surface area contributed by atoms with Crippen molar-refractivity contribution in [3.05, 3.63) is 28.3 Å². The molecule has 0 aromatic carbocycles. The van der Waals surface area contributed by atoms with Gasteiger partial charge in [0.1, 0.15) is 12.1 Å². The predicted molar refractivity (Wildman–Crippen MR) is 124 cm³/mol. The zero-order valence-corrected chi connectivity index (χ0v) is 19.5. The van der Waals surface area contributed by atoms with Gasteiger partial charge >= 0.3 is 0 Å². The second-order valence-corrected chi connectivity index (χ2v) is 11.0. The van der Waals surface area contributed by atoms with E-state index in [9.17, 15) is 4.79 Å². The van der Waals surface area contributed by atoms with Gasteiger partial charge in [-0.1, -0.05) is 4.49 Å². The average Bonchev–Trinajstić information content (AvgIpc) is 3.34. The first kappa shape index (κ1) is 20.4. The number of hydrogen-bond donors (Lipinski definition) is 1. The average molecular weight is 471 g/mol. The van der Waals surface area contributed by atoms with E-state index in [1.807, 2.05) is 0 Å². The smallest absolute Gasteiger partial charge is 0.273 e. The Morgan fingerprint density at radius 2 is 2.09 bits per heavy atom. The number of carbonyl (C=O) groups excluding carboxylic acids is 1. The van der Waals surface area contributed by atoms with Gasteiger partial charge in [-0.25, -0.2) is 9.97 Å². The van der Waals surface area contributed by atoms with E-state index >= 15 is 0 Å². The number of nitrogens with zero attached hydrogens (tertiary/aromatic N) is 5. The highest BCUT2D eigenvalue weighted by molar-refractivity contribution is 7.17. The van der Waals surface area contributed by atoms with Gasteiger partial charge in [-0.3, -0.25) is 4.79 Å². The third-order valence-corrected chi connectivity index (χ3v) is 8.92. The van der Waals surface area contributed by atoms with Gasteiger partial charge in [0, 0.05) is 19.6 Å². The Bertz CT molecular complexity index is 1110. The molecule has 1 unspecified atom stereocenters. The Kier molecular flexibility index (Phi) is 5.31. The number of anilines is 1. The van der Waals surface area contributed by atoms with Gasteiger partial charge in [0.05, 0.1) is 27.8 Å². The summed E-state index contributed by atoms with van der Waals surface area (Å²) in [6, 6.07) is 2.06. The molecular formula is C22H26N6O2S2. The van der Waals surface area contributed by atoms with Crippen LogP contribution in [0, 0.1) is 5.41 Å². The molecule has 32 heavy (non-hydrogen) atoms. The zero-order valence-electron chi connectivity index (χ0n) is 17.8. The van der Waals surface area contributed by atoms with E-state index in [1.54, 1.807) is 17.7 Å². The van der Waals surface area contributed by atoms with E-state index in [1.165, 1.54) is 16.2 Å². The van der Waals surface area contributed by atoms with Crippen LogP contribution in [0.25, 0.3) is 10.2 Å². The monoisotopic (exact) mass is 470 g/mol. The molecule has 3 fully saturated rings. The number of nitrogens with one attached hydrogen (secondary N) is 1. The van der Waals surface area contributed by atoms with Crippen LogP contribution >= 0.6 is 22.9 Å². The zero-order chi connectivity index (χ0) is 21.5. The molecule has 10 heteroatoms. The van der Waals surface area contributed by atoms with Gasteiger partial charge < -0.3 is 15.0 Å². The van der Waals surface area contributed by atoms with Crippen molar-refractivity contribution in [2.24, 2.45) is 5.41 Å². The van der Waals surface area contributed by atoms with Crippen molar-refractivity contribution in [2.45, 2.75) is 50.5 Å². The molecule has 3 aliphatic rings. The molecule has 1 aliphatic carbocycles. The molecule has 1 amide bonds. The van der Waals surface area contributed by atoms with Crippen LogP contribution in [0.3, 0.4) is 0 Å². The molecule has 2 saturated heterocycles. The maximum Gasteiger partial charge on any atom is 0.273 e. The minimum Gasteiger partial charge on any atom is -0.376 e. The summed E-state index contributed by atoms with van der Waals surface area (Å²) in [7, 11) is 0. The Labute approximate surface area is 194 Å². The lowest BCUT2D eigenvalue weighted by atomic mass is 9.73. The first-order valence-electron chi connectivity index (χ1n) is 11.4. The van der Waals surface area contributed by atoms with E-state index in [-0.39, 0.29) is 17.4 Å². The van der Waals surface area contributed by atoms with E-state index in [0.717, 1.165) is 74.4 Å². The summed E-state index contributed by atoms with van der Waals surface area (Å²) in [4.78, 5) is 24.9. The molecule has 1 spiro atoms. The van der Waals surface area contributed by atoms with Crippen LogP contribution in [0.1, 0.15) is 59.8 Å². The highest BCUT2D eigenvalue weighted by Gasteiger charge is 2.39. The first-order valence-corrected chi connectivity index (χ1v) is 13.0. The van der Waals surface area contributed by atoms with Crippen molar-refractivity contribution in [1.29, 1.82) is 0 Å². The number of piperidine rings is 1. The predicted octanol–water partition coefficient (Wildman–Crippen LogP) is 3.62. The van der Waals surface area contributed by atoms with Crippen LogP contribution in [-0.2, 0) is 4.74 Å². The van der Waals surface area contributed by atoms with E-state index in [0.29, 0.717) is 18.2 Å². The molecule has 8 nitrogen and oxygen atoms in total. The number of thiophene rings is 1. The number of amides is 1. The molecule has 2 aliphatic heterocycles. The van der Waals surface area contributed by atoms with Gasteiger partial charge in [-0.15, -0.1) is 16.4 Å². The highest BCUT2D eigenvalue weighted by atomic mass is 32.1. The summed E-state index contributed by atoms with van der Waals surface area (Å²) in [6.07, 6.45) is 8.38. The summed E-state index contributed by atoms with van der Waals surface area (Å²) in [5.74, 6) is 1.45. The fourth-order valence-electron chi connectivity index (χ4n) is 4.93. The minimum atomic E-state index is -0.109. The first-order chi connectivity index (χ1) is 15.7. The summed E-state index contributed by atoms with van der Waals surface area (Å²) in [5.41, 5.74) is 1.79. The van der Waals surface area contributed by atoms with Crippen LogP contribution < -0.4 is 10.2 Å². The number of fused-ring (bicyclic) bond motifs is 1. The molecule has 6 rings (SSSR count). The lowest BCUT2D eigenvalue weighted by molar-refractivity contribution is -0.0699. The van der Waals surface area contributed by atoms with Gasteiger partial charge in [0.25, 0.3) is 5.91 Å². The molecule has 0 radical (unpaired) electrons. The Morgan fingerprint density at radius 3 is 2.88 bits per heavy atom. The van der Waals surface area contributed by atoms with Crippen molar-refractivity contribution in [2.75, 3.05) is 31.1 Å². The number of aromatic nitrogens is 4. The largest absolute Gasteiger partial charge is 0.376 e. The van der Waals surface area contributed by atoms with Crippen LogP contribution in [-0.4, -0.2) is 57.8 Å². The second-order valence-electron chi connectivity index (χ2n) is 9.26. The minimum absolute atomic E-state index is 0.0752. The molecule has 5 heterocycles. The van der Waals surface area contributed by atoms with Gasteiger partial charge in [-0.2, -0.15) is 0 Å². The van der Waals surface area contributed by atoms with Gasteiger partial charge in [-0.05, 0) is 72.8 Å². The van der Waals surface area contributed by atoms with E-state index in [2.05, 4.69) is 41.2 Å². The summed E-state index contributed by atoms with van der Waals surface area (Å²) < 4.78 is 11.4. The fraction of sp³-hybridized carbons (Fsp3) is 0.591. The van der Waals surface area contributed by atoms with E-state index < -0.39 is 0 Å². The summed E-state index contributed by atoms with van der Waals surface area (Å²) >= 11 is 3.07. The molecular weight excluding hydrogens is 444 g/mol. The second kappa shape index (κ2) is 8.31. The molecule has 1 N–H and O–H groups in total. The highest BCUT2D eigenvalue weighted by Crippen LogP contribution is 2.43. The topological polar surface area (TPSA) is 93.1 Å². The molecule has 1 atom stereocenters. The molecule has 3 aromatic rings. The third-order valence-electron chi connectivity index (χ3n) is 7.14. The lowest BCUT2D eigenvalue weighted by Crippen LogP contribution is -2.47. The molecule has 0 bridgehead atoms. The van der Waals surface area contributed by atoms with Crippen LogP contribution in [0.2, 0.25) is 0 Å². The van der Waals surface area contributed by atoms with Crippen molar-refractivity contribution >= 4 is 44.8 Å². The van der Waals surface area contributed by atoms with Crippen molar-refractivity contribution in [3.63, 3.8) is 0 Å². The third kappa shape index (κ3) is 3.88. The van der Waals surface area contributed by atoms with Crippen LogP contribution in [0.5, 0.6) is 0 Å². The van der Waals surface area contributed by atoms with Crippen LogP contribution in [0.15, 0.2) is 17.8 Å². The van der Waals surface area contributed by atoms with Gasteiger partial charge in [0.2, 0.25) is 0 Å². The van der Waals surface area contributed by atoms with E-state index in [4.69, 9.17) is 4.74 Å². The standard InChI is InChI=1S/C22H26N6O2S2/c29-21(17-18(14-1-2-14)32-27-26-17)23-11-15-3-5-22(12-30-15)6-8-28(9-7-22)20-19-16(4-10-31-19)24-13-25-20/h4,10,13-15H,1-3,5-9,11-12H2,(H,23,29). The quantitative estimate of drug-likeness (QED) is 0.609. The normalized spacial score (nSPS) is 23.0. The summed E-state index contributed by atoms with van der Waals surface area (Å²) in [5, 5.41) is 9.17. The number of carbonyl (C=O) groups is 1. The SMILES string of the molecule is O=C(NCC1CCC2(CCN(c3ncnc4ccsc34)CC2)CO1)c1nnsc1C1CC1. The maximum absolute atomic E-state index is 12.6. The number of ether oxygens (including phenoxy) is 1.